The molecule has 2 aromatic carbocycles. The average Bonchev–Trinajstić information content (AvgIpc) is 2.77. The summed E-state index contributed by atoms with van der Waals surface area (Å²) in [5, 5.41) is 15.3. The number of phenols is 1. The Hall–Kier alpha value is -3.19. The van der Waals surface area contributed by atoms with Crippen molar-refractivity contribution < 1.29 is 10.0 Å². The first-order valence-electron chi connectivity index (χ1n) is 10.4. The highest BCUT2D eigenvalue weighted by atomic mass is 16.3. The molecular weight excluding hydrogens is 378 g/mol. The number of aromatic nitrogens is 2. The molecule has 0 aliphatic rings. The third kappa shape index (κ3) is 4.52. The molecule has 0 amide bonds. The number of benzene rings is 2. The van der Waals surface area contributed by atoms with Gasteiger partial charge in [-0.2, -0.15) is 5.10 Å². The second-order valence-electron chi connectivity index (χ2n) is 7.29. The van der Waals surface area contributed by atoms with Gasteiger partial charge in [0, 0.05) is 12.1 Å². The number of para-hydroxylation sites is 1. The normalized spacial score (nSPS) is 12.0. The zero-order valence-corrected chi connectivity index (χ0v) is 18.1. The first-order valence-corrected chi connectivity index (χ1v) is 10.4. The number of rotatable bonds is 8. The highest BCUT2D eigenvalue weighted by Gasteiger charge is 2.12. The van der Waals surface area contributed by atoms with E-state index in [0.29, 0.717) is 29.1 Å². The molecule has 0 atom stereocenters. The zero-order valence-electron chi connectivity index (χ0n) is 18.1. The minimum atomic E-state index is -0.0902. The molecule has 1 heterocycles. The summed E-state index contributed by atoms with van der Waals surface area (Å²) in [6.45, 7) is 11.3. The lowest BCUT2D eigenvalue weighted by Crippen LogP contribution is -3.10. The third-order valence-corrected chi connectivity index (χ3v) is 5.44. The summed E-state index contributed by atoms with van der Waals surface area (Å²) in [7, 11) is 0. The number of aromatic hydroxyl groups is 1. The van der Waals surface area contributed by atoms with Gasteiger partial charge < -0.3 is 10.0 Å². The van der Waals surface area contributed by atoms with Crippen LogP contribution in [0.2, 0.25) is 0 Å². The molecule has 0 radical (unpaired) electrons. The van der Waals surface area contributed by atoms with Crippen LogP contribution in [0.15, 0.2) is 52.4 Å². The summed E-state index contributed by atoms with van der Waals surface area (Å²) in [5.74, 6) is 0.710. The molecule has 158 valence electrons. The van der Waals surface area contributed by atoms with Crippen LogP contribution in [0.3, 0.4) is 0 Å². The van der Waals surface area contributed by atoms with Crippen molar-refractivity contribution >= 4 is 22.6 Å². The molecule has 0 fully saturated rings. The maximum atomic E-state index is 12.7. The van der Waals surface area contributed by atoms with Gasteiger partial charge >= 0.3 is 0 Å². The predicted octanol–water partition coefficient (Wildman–Crippen LogP) is 2.38. The Kier molecular flexibility index (Phi) is 6.84. The van der Waals surface area contributed by atoms with E-state index < -0.39 is 0 Å². The standard InChI is InChI=1S/C23H29N5O2/c1-5-27(6-2)15-18-14-17(12-13-21(18)29)16(4)25-26-23-24-20-11-9-8-10-19(20)22(30)28(23)7-3/h8-14,29H,5-7,15H2,1-4H3,(H,24,26)/p+1/b25-16+. The maximum Gasteiger partial charge on any atom is 0.262 e. The zero-order chi connectivity index (χ0) is 21.7. The van der Waals surface area contributed by atoms with E-state index in [1.54, 1.807) is 16.7 Å². The molecule has 7 nitrogen and oxygen atoms in total. The molecular formula is C23H30N5O2+. The van der Waals surface area contributed by atoms with Crippen molar-refractivity contribution in [3.63, 3.8) is 0 Å². The maximum absolute atomic E-state index is 12.7. The number of anilines is 1. The lowest BCUT2D eigenvalue weighted by Gasteiger charge is -2.17. The van der Waals surface area contributed by atoms with Crippen molar-refractivity contribution in [2.75, 3.05) is 18.5 Å². The van der Waals surface area contributed by atoms with Gasteiger partial charge in [0.25, 0.3) is 5.56 Å². The summed E-state index contributed by atoms with van der Waals surface area (Å²) in [4.78, 5) is 18.7. The van der Waals surface area contributed by atoms with Crippen LogP contribution in [0.4, 0.5) is 5.95 Å². The number of hydrazone groups is 1. The number of nitrogens with one attached hydrogen (secondary N) is 2. The Balaban J connectivity index is 1.91. The summed E-state index contributed by atoms with van der Waals surface area (Å²) in [6.07, 6.45) is 0. The number of hydrogen-bond acceptors (Lipinski definition) is 5. The monoisotopic (exact) mass is 408 g/mol. The van der Waals surface area contributed by atoms with Crippen LogP contribution < -0.4 is 15.9 Å². The van der Waals surface area contributed by atoms with Gasteiger partial charge in [0.15, 0.2) is 0 Å². The predicted molar refractivity (Wildman–Crippen MR) is 121 cm³/mol. The summed E-state index contributed by atoms with van der Waals surface area (Å²) in [6, 6.07) is 12.8. The van der Waals surface area contributed by atoms with E-state index in [0.717, 1.165) is 36.5 Å². The topological polar surface area (TPSA) is 83.9 Å². The lowest BCUT2D eigenvalue weighted by molar-refractivity contribution is -0.910. The van der Waals surface area contributed by atoms with Crippen LogP contribution in [0, 0.1) is 0 Å². The van der Waals surface area contributed by atoms with E-state index in [1.165, 1.54) is 4.90 Å². The van der Waals surface area contributed by atoms with Crippen LogP contribution in [0.1, 0.15) is 38.8 Å². The fraction of sp³-hybridized carbons (Fsp3) is 0.348. The third-order valence-electron chi connectivity index (χ3n) is 5.44. The van der Waals surface area contributed by atoms with Crippen molar-refractivity contribution in [1.29, 1.82) is 0 Å². The van der Waals surface area contributed by atoms with Crippen LogP contribution in [0.25, 0.3) is 10.9 Å². The molecule has 0 aliphatic carbocycles. The van der Waals surface area contributed by atoms with Crippen molar-refractivity contribution in [2.24, 2.45) is 5.10 Å². The molecule has 30 heavy (non-hydrogen) atoms. The van der Waals surface area contributed by atoms with Gasteiger partial charge in [0.1, 0.15) is 12.3 Å². The molecule has 0 unspecified atom stereocenters. The highest BCUT2D eigenvalue weighted by molar-refractivity contribution is 5.99. The van der Waals surface area contributed by atoms with Gasteiger partial charge in [0.05, 0.1) is 29.7 Å². The lowest BCUT2D eigenvalue weighted by atomic mass is 10.1. The Morgan fingerprint density at radius 3 is 2.60 bits per heavy atom. The Morgan fingerprint density at radius 2 is 1.90 bits per heavy atom. The van der Waals surface area contributed by atoms with Crippen LogP contribution in [0.5, 0.6) is 5.75 Å². The molecule has 7 heteroatoms. The molecule has 3 rings (SSSR count). The first kappa shape index (κ1) is 21.5. The minimum absolute atomic E-state index is 0.0902. The second kappa shape index (κ2) is 9.54. The largest absolute Gasteiger partial charge is 0.507 e. The van der Waals surface area contributed by atoms with Crippen LogP contribution in [-0.2, 0) is 13.1 Å². The highest BCUT2D eigenvalue weighted by Crippen LogP contribution is 2.18. The Morgan fingerprint density at radius 1 is 1.17 bits per heavy atom. The number of phenolic OH excluding ortho intramolecular Hbond substituents is 1. The van der Waals surface area contributed by atoms with Crippen molar-refractivity contribution in [3.05, 3.63) is 63.9 Å². The summed E-state index contributed by atoms with van der Waals surface area (Å²) in [5.41, 5.74) is 6.06. The molecule has 0 spiro atoms. The summed E-state index contributed by atoms with van der Waals surface area (Å²) < 4.78 is 1.57. The first-order chi connectivity index (χ1) is 14.5. The molecule has 0 saturated carbocycles. The van der Waals surface area contributed by atoms with Gasteiger partial charge in [-0.05, 0) is 63.6 Å². The number of fused-ring (bicyclic) bond motifs is 1. The van der Waals surface area contributed by atoms with Gasteiger partial charge in [-0.1, -0.05) is 12.1 Å². The van der Waals surface area contributed by atoms with E-state index in [-0.39, 0.29) is 5.56 Å². The van der Waals surface area contributed by atoms with E-state index in [1.807, 2.05) is 44.2 Å². The smallest absolute Gasteiger partial charge is 0.262 e. The Bertz CT molecular complexity index is 1120. The van der Waals surface area contributed by atoms with E-state index in [4.69, 9.17) is 0 Å². The van der Waals surface area contributed by atoms with Crippen molar-refractivity contribution in [3.8, 4) is 5.75 Å². The summed E-state index contributed by atoms with van der Waals surface area (Å²) >= 11 is 0. The van der Waals surface area contributed by atoms with Gasteiger partial charge in [-0.15, -0.1) is 0 Å². The molecule has 3 N–H and O–H groups in total. The second-order valence-corrected chi connectivity index (χ2v) is 7.29. The molecule has 0 aliphatic heterocycles. The van der Waals surface area contributed by atoms with Crippen molar-refractivity contribution in [2.45, 2.75) is 40.8 Å². The molecule has 0 bridgehead atoms. The SMILES string of the molecule is CCn1c(N/N=C(\C)c2ccc(O)c(C[NH+](CC)CC)c2)nc2ccccc2c1=O. The minimum Gasteiger partial charge on any atom is -0.507 e. The van der Waals surface area contributed by atoms with Gasteiger partial charge in [-0.25, -0.2) is 10.4 Å². The van der Waals surface area contributed by atoms with Crippen LogP contribution in [-0.4, -0.2) is 33.5 Å². The number of quaternary nitrogens is 1. The number of nitrogens with zero attached hydrogens (tertiary/aromatic N) is 3. The van der Waals surface area contributed by atoms with E-state index >= 15 is 0 Å². The Labute approximate surface area is 176 Å². The average molecular weight is 409 g/mol. The quantitative estimate of drug-likeness (QED) is 0.395. The van der Waals surface area contributed by atoms with Crippen LogP contribution >= 0.6 is 0 Å². The van der Waals surface area contributed by atoms with E-state index in [2.05, 4.69) is 29.4 Å². The van der Waals surface area contributed by atoms with E-state index in [9.17, 15) is 9.90 Å². The van der Waals surface area contributed by atoms with Gasteiger partial charge in [0.2, 0.25) is 5.95 Å². The number of hydrogen-bond donors (Lipinski definition) is 3. The molecule has 0 saturated heterocycles. The fourth-order valence-electron chi connectivity index (χ4n) is 3.47. The fourth-order valence-corrected chi connectivity index (χ4v) is 3.47. The van der Waals surface area contributed by atoms with Crippen molar-refractivity contribution in [1.82, 2.24) is 9.55 Å². The van der Waals surface area contributed by atoms with Gasteiger partial charge in [-0.3, -0.25) is 9.36 Å². The molecule has 3 aromatic rings. The molecule has 1 aromatic heterocycles.